The number of carbonyl (C=O) groups excluding carboxylic acids is 1. The van der Waals surface area contributed by atoms with E-state index in [0.29, 0.717) is 5.56 Å². The van der Waals surface area contributed by atoms with Gasteiger partial charge in [-0.2, -0.15) is 0 Å². The number of nitrogens with zero attached hydrogens (tertiary/aromatic N) is 2. The maximum atomic E-state index is 12.4. The average molecular weight is 476 g/mol. The van der Waals surface area contributed by atoms with E-state index in [9.17, 15) is 15.0 Å². The molecule has 0 spiro atoms. The Labute approximate surface area is 204 Å². The van der Waals surface area contributed by atoms with Gasteiger partial charge in [0.05, 0.1) is 38.3 Å². The Morgan fingerprint density at radius 2 is 1.77 bits per heavy atom. The van der Waals surface area contributed by atoms with Gasteiger partial charge in [0.25, 0.3) is 0 Å². The summed E-state index contributed by atoms with van der Waals surface area (Å²) in [5, 5.41) is 22.3. The van der Waals surface area contributed by atoms with E-state index in [4.69, 9.17) is 9.47 Å². The molecule has 2 unspecified atom stereocenters. The first-order chi connectivity index (χ1) is 17.0. The number of aliphatic hydroxyl groups is 2. The normalized spacial score (nSPS) is 18.9. The van der Waals surface area contributed by atoms with Crippen molar-refractivity contribution in [1.82, 2.24) is 10.2 Å². The smallest absolute Gasteiger partial charge is 0.313 e. The molecule has 2 aromatic rings. The molecule has 0 bridgehead atoms. The molecule has 2 aliphatic heterocycles. The molecule has 4 rings (SSSR count). The molecule has 2 aliphatic rings. The summed E-state index contributed by atoms with van der Waals surface area (Å²) in [5.41, 5.74) is 3.93. The SMILES string of the molecule is COC(=O)C(CC1=C(O)C(O)NC=N1)c1ccc(C#Cc2ccc(CN3CCOCC3)cc2)cc1. The van der Waals surface area contributed by atoms with Crippen molar-refractivity contribution in [3.05, 3.63) is 82.2 Å². The number of morpholine rings is 1. The van der Waals surface area contributed by atoms with E-state index in [2.05, 4.69) is 39.2 Å². The van der Waals surface area contributed by atoms with Crippen molar-refractivity contribution in [2.24, 2.45) is 4.99 Å². The Bertz CT molecular complexity index is 1140. The molecule has 0 amide bonds. The van der Waals surface area contributed by atoms with Crippen molar-refractivity contribution in [3.63, 3.8) is 0 Å². The summed E-state index contributed by atoms with van der Waals surface area (Å²) in [6.45, 7) is 4.41. The summed E-state index contributed by atoms with van der Waals surface area (Å²) < 4.78 is 10.4. The molecule has 2 aromatic carbocycles. The summed E-state index contributed by atoms with van der Waals surface area (Å²) >= 11 is 0. The molecule has 0 radical (unpaired) electrons. The summed E-state index contributed by atoms with van der Waals surface area (Å²) in [6.07, 6.45) is 0.143. The Morgan fingerprint density at radius 3 is 2.40 bits per heavy atom. The van der Waals surface area contributed by atoms with Crippen molar-refractivity contribution in [2.45, 2.75) is 25.1 Å². The number of allylic oxidation sites excluding steroid dienone is 1. The van der Waals surface area contributed by atoms with Crippen LogP contribution in [0, 0.1) is 11.8 Å². The number of ether oxygens (including phenoxy) is 2. The number of nitrogens with one attached hydrogen (secondary N) is 1. The van der Waals surface area contributed by atoms with Gasteiger partial charge >= 0.3 is 5.97 Å². The first-order valence-corrected chi connectivity index (χ1v) is 11.5. The van der Waals surface area contributed by atoms with E-state index >= 15 is 0 Å². The van der Waals surface area contributed by atoms with Crippen LogP contribution < -0.4 is 5.32 Å². The van der Waals surface area contributed by atoms with Gasteiger partial charge < -0.3 is 25.0 Å². The maximum absolute atomic E-state index is 12.4. The lowest BCUT2D eigenvalue weighted by Crippen LogP contribution is -2.35. The molecule has 0 aliphatic carbocycles. The lowest BCUT2D eigenvalue weighted by molar-refractivity contribution is -0.142. The molecule has 1 fully saturated rings. The number of methoxy groups -OCH3 is 1. The van der Waals surface area contributed by atoms with E-state index in [-0.39, 0.29) is 17.9 Å². The third kappa shape index (κ3) is 6.49. The van der Waals surface area contributed by atoms with E-state index in [1.807, 2.05) is 36.4 Å². The van der Waals surface area contributed by atoms with E-state index in [0.717, 1.165) is 44.0 Å². The topological polar surface area (TPSA) is 104 Å². The minimum atomic E-state index is -1.24. The van der Waals surface area contributed by atoms with Crippen molar-refractivity contribution in [1.29, 1.82) is 0 Å². The summed E-state index contributed by atoms with van der Waals surface area (Å²) in [7, 11) is 1.32. The van der Waals surface area contributed by atoms with E-state index in [1.54, 1.807) is 0 Å². The second-order valence-corrected chi connectivity index (χ2v) is 8.40. The molecule has 182 valence electrons. The number of hydrogen-bond donors (Lipinski definition) is 3. The summed E-state index contributed by atoms with van der Waals surface area (Å²) in [5.74, 6) is 4.90. The maximum Gasteiger partial charge on any atom is 0.313 e. The van der Waals surface area contributed by atoms with Gasteiger partial charge in [-0.15, -0.1) is 0 Å². The number of benzene rings is 2. The quantitative estimate of drug-likeness (QED) is 0.435. The van der Waals surface area contributed by atoms with Crippen molar-refractivity contribution in [2.75, 3.05) is 33.4 Å². The van der Waals surface area contributed by atoms with Crippen LogP contribution in [0.1, 0.15) is 34.6 Å². The van der Waals surface area contributed by atoms with E-state index in [1.165, 1.54) is 19.0 Å². The second-order valence-electron chi connectivity index (χ2n) is 8.40. The molecule has 35 heavy (non-hydrogen) atoms. The average Bonchev–Trinajstić information content (AvgIpc) is 2.90. The highest BCUT2D eigenvalue weighted by molar-refractivity contribution is 5.78. The Morgan fingerprint density at radius 1 is 1.14 bits per heavy atom. The lowest BCUT2D eigenvalue weighted by atomic mass is 9.93. The number of rotatable bonds is 6. The molecule has 1 saturated heterocycles. The van der Waals surface area contributed by atoms with Gasteiger partial charge in [0.1, 0.15) is 0 Å². The van der Waals surface area contributed by atoms with Crippen molar-refractivity contribution < 1.29 is 24.5 Å². The van der Waals surface area contributed by atoms with Crippen LogP contribution in [0.15, 0.2) is 65.0 Å². The molecule has 8 nitrogen and oxygen atoms in total. The highest BCUT2D eigenvalue weighted by Crippen LogP contribution is 2.28. The van der Waals surface area contributed by atoms with Crippen LogP contribution in [-0.4, -0.2) is 67.1 Å². The molecule has 0 saturated carbocycles. The van der Waals surface area contributed by atoms with Gasteiger partial charge in [-0.3, -0.25) is 9.69 Å². The first kappa shape index (κ1) is 24.5. The fourth-order valence-corrected chi connectivity index (χ4v) is 3.97. The van der Waals surface area contributed by atoms with Gasteiger partial charge in [-0.05, 0) is 35.4 Å². The zero-order chi connectivity index (χ0) is 24.6. The molecule has 2 heterocycles. The van der Waals surface area contributed by atoms with Gasteiger partial charge in [-0.1, -0.05) is 36.1 Å². The predicted molar refractivity (Wildman–Crippen MR) is 132 cm³/mol. The van der Waals surface area contributed by atoms with Crippen molar-refractivity contribution in [3.8, 4) is 11.8 Å². The monoisotopic (exact) mass is 475 g/mol. The van der Waals surface area contributed by atoms with Gasteiger partial charge in [0.2, 0.25) is 0 Å². The van der Waals surface area contributed by atoms with Gasteiger partial charge in [-0.25, -0.2) is 4.99 Å². The van der Waals surface area contributed by atoms with Crippen LogP contribution in [0.3, 0.4) is 0 Å². The summed E-state index contributed by atoms with van der Waals surface area (Å²) in [4.78, 5) is 18.9. The number of hydrogen-bond acceptors (Lipinski definition) is 8. The first-order valence-electron chi connectivity index (χ1n) is 11.5. The largest absolute Gasteiger partial charge is 0.506 e. The Kier molecular flexibility index (Phi) is 8.16. The minimum absolute atomic E-state index is 0.0928. The van der Waals surface area contributed by atoms with Crippen LogP contribution >= 0.6 is 0 Å². The van der Waals surface area contributed by atoms with Crippen LogP contribution in [0.25, 0.3) is 0 Å². The van der Waals surface area contributed by atoms with Gasteiger partial charge in [0.15, 0.2) is 12.0 Å². The molecule has 3 N–H and O–H groups in total. The third-order valence-electron chi connectivity index (χ3n) is 6.02. The van der Waals surface area contributed by atoms with Crippen LogP contribution in [0.5, 0.6) is 0 Å². The zero-order valence-electron chi connectivity index (χ0n) is 19.6. The third-order valence-corrected chi connectivity index (χ3v) is 6.02. The summed E-state index contributed by atoms with van der Waals surface area (Å²) in [6, 6.07) is 15.6. The number of aliphatic hydroxyl groups excluding tert-OH is 2. The number of esters is 1. The molecular formula is C27H29N3O5. The minimum Gasteiger partial charge on any atom is -0.506 e. The lowest BCUT2D eigenvalue weighted by Gasteiger charge is -2.26. The fourth-order valence-electron chi connectivity index (χ4n) is 3.97. The standard InChI is InChI=1S/C27H29N3O5/c1-34-27(33)23(16-24-25(31)26(32)29-18-28-24)22-10-8-20(9-11-22)3-2-19-4-6-21(7-5-19)17-30-12-14-35-15-13-30/h4-11,18,23,26,31-32H,12-17H2,1H3,(H,28,29). The number of aliphatic imine (C=N–C) groups is 1. The number of carbonyl (C=O) groups is 1. The Balaban J connectivity index is 1.42. The van der Waals surface area contributed by atoms with E-state index < -0.39 is 18.1 Å². The molecular weight excluding hydrogens is 446 g/mol. The fraction of sp³-hybridized carbons (Fsp3) is 0.333. The molecule has 0 aromatic heterocycles. The second kappa shape index (κ2) is 11.7. The van der Waals surface area contributed by atoms with Gasteiger partial charge in [0, 0.05) is 37.2 Å². The predicted octanol–water partition coefficient (Wildman–Crippen LogP) is 2.28. The molecule has 2 atom stereocenters. The highest BCUT2D eigenvalue weighted by atomic mass is 16.5. The van der Waals surface area contributed by atoms with Crippen molar-refractivity contribution >= 4 is 12.3 Å². The van der Waals surface area contributed by atoms with Crippen LogP contribution in [0.4, 0.5) is 0 Å². The Hall–Kier alpha value is -3.64. The van der Waals surface area contributed by atoms with Crippen LogP contribution in [0.2, 0.25) is 0 Å². The highest BCUT2D eigenvalue weighted by Gasteiger charge is 2.27. The van der Waals surface area contributed by atoms with Crippen LogP contribution in [-0.2, 0) is 20.8 Å². The zero-order valence-corrected chi connectivity index (χ0v) is 19.6. The molecule has 8 heteroatoms.